The Morgan fingerprint density at radius 1 is 0.308 bits per heavy atom. The average Bonchev–Trinajstić information content (AvgIpc) is 3.74. The second kappa shape index (κ2) is 65.4. The number of carbonyl (C=O) groups excluding carboxylic acids is 4. The predicted octanol–water partition coefficient (Wildman–Crippen LogP) is 20.9. The molecule has 3 unspecified atom stereocenters. The molecular formula is C72H140O17P2. The number of phosphoric acid groups is 2. The van der Waals surface area contributed by atoms with Crippen LogP contribution >= 0.6 is 15.6 Å². The van der Waals surface area contributed by atoms with Crippen LogP contribution in [0.1, 0.15) is 375 Å². The van der Waals surface area contributed by atoms with E-state index in [1.165, 1.54) is 193 Å². The number of ether oxygens (including phenoxy) is 4. The van der Waals surface area contributed by atoms with Gasteiger partial charge >= 0.3 is 39.5 Å². The fraction of sp³-hybridized carbons (Fsp3) is 0.944. The van der Waals surface area contributed by atoms with Crippen molar-refractivity contribution in [2.45, 2.75) is 393 Å². The molecule has 0 radical (unpaired) electrons. The Bertz CT molecular complexity index is 1760. The molecule has 0 fully saturated rings. The molecule has 540 valence electrons. The summed E-state index contributed by atoms with van der Waals surface area (Å²) in [5.74, 6) is -1.39. The molecule has 0 spiro atoms. The van der Waals surface area contributed by atoms with E-state index in [1.807, 2.05) is 0 Å². The number of hydrogen-bond acceptors (Lipinski definition) is 15. The molecule has 19 heteroatoms. The SMILES string of the molecule is CCCCCCCCCCCCCCCCCCCCCCCC(=O)O[C@H](COC(=O)CCCCCCCCC(C)CC)COP(=O)(O)OC[C@@H](O)COP(=O)(O)OC[C@@H](COC(=O)CCCCCCCCCCCC)OC(=O)CCCCCCCCCCCC. The molecule has 0 rings (SSSR count). The Hall–Kier alpha value is -1.94. The van der Waals surface area contributed by atoms with E-state index in [2.05, 4.69) is 34.6 Å². The van der Waals surface area contributed by atoms with E-state index in [0.717, 1.165) is 102 Å². The zero-order valence-corrected chi connectivity index (χ0v) is 60.8. The molecule has 91 heavy (non-hydrogen) atoms. The van der Waals surface area contributed by atoms with Gasteiger partial charge in [0.25, 0.3) is 0 Å². The summed E-state index contributed by atoms with van der Waals surface area (Å²) in [4.78, 5) is 72.5. The van der Waals surface area contributed by atoms with Gasteiger partial charge in [-0.15, -0.1) is 0 Å². The van der Waals surface area contributed by atoms with Gasteiger partial charge in [0.1, 0.15) is 19.3 Å². The predicted molar refractivity (Wildman–Crippen MR) is 368 cm³/mol. The third-order valence-electron chi connectivity index (χ3n) is 17.1. The van der Waals surface area contributed by atoms with Gasteiger partial charge in [-0.3, -0.25) is 37.3 Å². The quantitative estimate of drug-likeness (QED) is 0.0222. The second-order valence-electron chi connectivity index (χ2n) is 26.2. The van der Waals surface area contributed by atoms with Crippen LogP contribution in [-0.2, 0) is 65.4 Å². The van der Waals surface area contributed by atoms with Gasteiger partial charge in [0.15, 0.2) is 12.2 Å². The van der Waals surface area contributed by atoms with E-state index in [-0.39, 0.29) is 25.7 Å². The molecule has 0 aliphatic rings. The van der Waals surface area contributed by atoms with Crippen molar-refractivity contribution >= 4 is 39.5 Å². The van der Waals surface area contributed by atoms with Gasteiger partial charge in [0, 0.05) is 25.7 Å². The molecule has 0 aromatic heterocycles. The minimum atomic E-state index is -4.95. The van der Waals surface area contributed by atoms with Gasteiger partial charge in [0.2, 0.25) is 0 Å². The van der Waals surface area contributed by atoms with E-state index in [4.69, 9.17) is 37.0 Å². The molecule has 0 aromatic rings. The van der Waals surface area contributed by atoms with Gasteiger partial charge in [-0.1, -0.05) is 324 Å². The minimum Gasteiger partial charge on any atom is -0.462 e. The highest BCUT2D eigenvalue weighted by molar-refractivity contribution is 7.47. The lowest BCUT2D eigenvalue weighted by Crippen LogP contribution is -2.30. The summed E-state index contributed by atoms with van der Waals surface area (Å²) in [6, 6.07) is 0. The summed E-state index contributed by atoms with van der Waals surface area (Å²) in [5, 5.41) is 10.6. The van der Waals surface area contributed by atoms with Crippen LogP contribution in [0.4, 0.5) is 0 Å². The zero-order valence-electron chi connectivity index (χ0n) is 59.0. The van der Waals surface area contributed by atoms with Crippen molar-refractivity contribution in [2.75, 3.05) is 39.6 Å². The number of unbranched alkanes of at least 4 members (excludes halogenated alkanes) is 43. The first-order chi connectivity index (χ1) is 44.1. The average molecular weight is 1340 g/mol. The molecule has 0 aromatic carbocycles. The summed E-state index contributed by atoms with van der Waals surface area (Å²) >= 11 is 0. The van der Waals surface area contributed by atoms with Gasteiger partial charge in [-0.05, 0) is 31.6 Å². The smallest absolute Gasteiger partial charge is 0.462 e. The second-order valence-corrected chi connectivity index (χ2v) is 29.1. The van der Waals surface area contributed by atoms with Crippen LogP contribution in [0.3, 0.4) is 0 Å². The highest BCUT2D eigenvalue weighted by Crippen LogP contribution is 2.45. The molecule has 17 nitrogen and oxygen atoms in total. The summed E-state index contributed by atoms with van der Waals surface area (Å²) < 4.78 is 68.3. The van der Waals surface area contributed by atoms with Gasteiger partial charge in [-0.25, -0.2) is 9.13 Å². The van der Waals surface area contributed by atoms with Crippen LogP contribution < -0.4 is 0 Å². The maximum Gasteiger partial charge on any atom is 0.472 e. The number of phosphoric ester groups is 2. The van der Waals surface area contributed by atoms with Crippen molar-refractivity contribution < 1.29 is 80.2 Å². The Labute approximate surface area is 556 Å². The number of esters is 4. The summed E-state index contributed by atoms with van der Waals surface area (Å²) in [6.07, 6.45) is 52.9. The van der Waals surface area contributed by atoms with Crippen LogP contribution in [0.25, 0.3) is 0 Å². The highest BCUT2D eigenvalue weighted by atomic mass is 31.2. The van der Waals surface area contributed by atoms with Crippen molar-refractivity contribution in [1.29, 1.82) is 0 Å². The van der Waals surface area contributed by atoms with E-state index >= 15 is 0 Å². The Morgan fingerprint density at radius 3 is 0.780 bits per heavy atom. The van der Waals surface area contributed by atoms with Gasteiger partial charge in [-0.2, -0.15) is 0 Å². The van der Waals surface area contributed by atoms with Crippen LogP contribution in [-0.4, -0.2) is 96.7 Å². The summed E-state index contributed by atoms with van der Waals surface area (Å²) in [5.41, 5.74) is 0. The number of carbonyl (C=O) groups is 4. The van der Waals surface area contributed by atoms with Crippen molar-refractivity contribution in [1.82, 2.24) is 0 Å². The molecule has 0 bridgehead atoms. The number of aliphatic hydroxyl groups excluding tert-OH is 1. The topological polar surface area (TPSA) is 237 Å². The normalized spacial score (nSPS) is 14.3. The standard InChI is InChI=1S/C72H140O17P2/c1-6-10-13-16-19-22-25-26-27-28-29-30-31-32-33-34-35-38-41-48-53-58-72(77)89-68(62-83-70(75)56-51-46-43-42-44-49-54-65(5)9-4)64-87-91(80,81)85-60-66(73)59-84-90(78,79)86-63-67(88-71(76)57-52-47-40-37-24-21-18-15-12-8-3)61-82-69(74)55-50-45-39-36-23-20-17-14-11-7-2/h65-68,73H,6-64H2,1-5H3,(H,78,79)(H,80,81)/t65?,66-,67+,68+/m0/s1. The molecule has 0 heterocycles. The van der Waals surface area contributed by atoms with E-state index in [1.54, 1.807) is 0 Å². The van der Waals surface area contributed by atoms with E-state index in [0.29, 0.717) is 25.7 Å². The maximum absolute atomic E-state index is 13.0. The molecular weight excluding hydrogens is 1200 g/mol. The first kappa shape index (κ1) is 89.1. The first-order valence-corrected chi connectivity index (χ1v) is 40.7. The Balaban J connectivity index is 5.15. The molecule has 0 saturated carbocycles. The largest absolute Gasteiger partial charge is 0.472 e. The molecule has 6 atom stereocenters. The van der Waals surface area contributed by atoms with Crippen LogP contribution in [0, 0.1) is 5.92 Å². The van der Waals surface area contributed by atoms with E-state index in [9.17, 15) is 43.2 Å². The third kappa shape index (κ3) is 65.1. The molecule has 0 amide bonds. The Morgan fingerprint density at radius 2 is 0.527 bits per heavy atom. The minimum absolute atomic E-state index is 0.107. The fourth-order valence-corrected chi connectivity index (χ4v) is 12.5. The van der Waals surface area contributed by atoms with Crippen molar-refractivity contribution in [3.05, 3.63) is 0 Å². The third-order valence-corrected chi connectivity index (χ3v) is 19.0. The van der Waals surface area contributed by atoms with E-state index < -0.39 is 97.5 Å². The highest BCUT2D eigenvalue weighted by Gasteiger charge is 2.30. The summed E-state index contributed by atoms with van der Waals surface area (Å²) in [7, 11) is -9.90. The van der Waals surface area contributed by atoms with Gasteiger partial charge in [0.05, 0.1) is 26.4 Å². The summed E-state index contributed by atoms with van der Waals surface area (Å²) in [6.45, 7) is 7.20. The fourth-order valence-electron chi connectivity index (χ4n) is 11.0. The lowest BCUT2D eigenvalue weighted by molar-refractivity contribution is -0.161. The lowest BCUT2D eigenvalue weighted by atomic mass is 10.00. The Kier molecular flexibility index (Phi) is 64.0. The molecule has 0 aliphatic heterocycles. The first-order valence-electron chi connectivity index (χ1n) is 37.7. The number of rotatable bonds is 72. The van der Waals surface area contributed by atoms with Crippen molar-refractivity contribution in [2.24, 2.45) is 5.92 Å². The monoisotopic (exact) mass is 1340 g/mol. The molecule has 0 saturated heterocycles. The number of aliphatic hydroxyl groups is 1. The van der Waals surface area contributed by atoms with Crippen LogP contribution in [0.5, 0.6) is 0 Å². The van der Waals surface area contributed by atoms with Crippen LogP contribution in [0.15, 0.2) is 0 Å². The number of hydrogen-bond donors (Lipinski definition) is 3. The lowest BCUT2D eigenvalue weighted by Gasteiger charge is -2.21. The maximum atomic E-state index is 13.0. The molecule has 3 N–H and O–H groups in total. The van der Waals surface area contributed by atoms with Gasteiger partial charge < -0.3 is 33.8 Å². The van der Waals surface area contributed by atoms with Crippen molar-refractivity contribution in [3.8, 4) is 0 Å². The molecule has 0 aliphatic carbocycles. The zero-order chi connectivity index (χ0) is 67.0. The van der Waals surface area contributed by atoms with Crippen LogP contribution in [0.2, 0.25) is 0 Å². The van der Waals surface area contributed by atoms with Crippen molar-refractivity contribution in [3.63, 3.8) is 0 Å².